The third-order valence-electron chi connectivity index (χ3n) is 3.83. The molecule has 19 heavy (non-hydrogen) atoms. The minimum atomic E-state index is 0.0713. The number of nitrogens with zero attached hydrogens (tertiary/aromatic N) is 3. The van der Waals surface area contributed by atoms with E-state index >= 15 is 0 Å². The van der Waals surface area contributed by atoms with Gasteiger partial charge in [0.2, 0.25) is 0 Å². The molecule has 102 valence electrons. The van der Waals surface area contributed by atoms with E-state index in [-0.39, 0.29) is 5.84 Å². The van der Waals surface area contributed by atoms with E-state index in [4.69, 9.17) is 10.9 Å². The second kappa shape index (κ2) is 5.17. The number of hydrogen-bond acceptors (Lipinski definition) is 4. The van der Waals surface area contributed by atoms with Crippen LogP contribution in [0.15, 0.2) is 23.5 Å². The Bertz CT molecular complexity index is 480. The monoisotopic (exact) mass is 260 g/mol. The molecule has 0 saturated heterocycles. The summed E-state index contributed by atoms with van der Waals surface area (Å²) in [4.78, 5) is 6.69. The Hall–Kier alpha value is -1.62. The highest BCUT2D eigenvalue weighted by molar-refractivity contribution is 5.95. The molecule has 2 saturated carbocycles. The van der Waals surface area contributed by atoms with Crippen LogP contribution in [0.4, 0.5) is 0 Å². The Labute approximate surface area is 113 Å². The standard InChI is InChI=1S/C14H20N4O/c15-14(17-19)13-7-11(5-6-16-13)9-18(12-3-4-12)8-10-1-2-10/h5-7,10,12,19H,1-4,8-9H2,(H2,15,17). The number of hydrogen-bond donors (Lipinski definition) is 2. The molecule has 0 bridgehead atoms. The van der Waals surface area contributed by atoms with Crippen LogP contribution in [0.25, 0.3) is 0 Å². The summed E-state index contributed by atoms with van der Waals surface area (Å²) in [6, 6.07) is 4.69. The van der Waals surface area contributed by atoms with E-state index in [1.54, 1.807) is 6.20 Å². The van der Waals surface area contributed by atoms with Gasteiger partial charge in [-0.05, 0) is 49.3 Å². The van der Waals surface area contributed by atoms with Gasteiger partial charge in [-0.15, -0.1) is 0 Å². The Kier molecular flexibility index (Phi) is 3.38. The molecule has 2 fully saturated rings. The van der Waals surface area contributed by atoms with Crippen molar-refractivity contribution >= 4 is 5.84 Å². The molecule has 1 aromatic rings. The van der Waals surface area contributed by atoms with Crippen LogP contribution >= 0.6 is 0 Å². The summed E-state index contributed by atoms with van der Waals surface area (Å²) in [6.45, 7) is 2.15. The molecular weight excluding hydrogens is 240 g/mol. The predicted molar refractivity (Wildman–Crippen MR) is 72.9 cm³/mol. The molecule has 1 aromatic heterocycles. The molecule has 0 unspecified atom stereocenters. The van der Waals surface area contributed by atoms with E-state index in [9.17, 15) is 0 Å². The average Bonchev–Trinajstić information content (AvgIpc) is 3.28. The van der Waals surface area contributed by atoms with Crippen molar-refractivity contribution in [2.75, 3.05) is 6.54 Å². The zero-order valence-electron chi connectivity index (χ0n) is 11.0. The zero-order valence-corrected chi connectivity index (χ0v) is 11.0. The summed E-state index contributed by atoms with van der Waals surface area (Å²) >= 11 is 0. The number of nitrogens with two attached hydrogens (primary N) is 1. The van der Waals surface area contributed by atoms with Gasteiger partial charge in [-0.25, -0.2) is 0 Å². The number of aromatic nitrogens is 1. The van der Waals surface area contributed by atoms with Crippen molar-refractivity contribution in [3.05, 3.63) is 29.6 Å². The van der Waals surface area contributed by atoms with Gasteiger partial charge in [-0.2, -0.15) is 0 Å². The first-order valence-electron chi connectivity index (χ1n) is 6.93. The lowest BCUT2D eigenvalue weighted by Gasteiger charge is -2.22. The van der Waals surface area contributed by atoms with Crippen LogP contribution < -0.4 is 5.73 Å². The molecule has 0 spiro atoms. The van der Waals surface area contributed by atoms with E-state index in [1.165, 1.54) is 37.8 Å². The van der Waals surface area contributed by atoms with Gasteiger partial charge in [0.05, 0.1) is 0 Å². The van der Waals surface area contributed by atoms with Crippen molar-refractivity contribution in [1.29, 1.82) is 0 Å². The molecular formula is C14H20N4O. The van der Waals surface area contributed by atoms with Crippen LogP contribution in [0, 0.1) is 5.92 Å². The molecule has 5 nitrogen and oxygen atoms in total. The predicted octanol–water partition coefficient (Wildman–Crippen LogP) is 1.55. The Morgan fingerprint density at radius 2 is 2.21 bits per heavy atom. The number of rotatable bonds is 6. The maximum absolute atomic E-state index is 8.70. The summed E-state index contributed by atoms with van der Waals surface area (Å²) in [5, 5.41) is 11.7. The lowest BCUT2D eigenvalue weighted by Crippen LogP contribution is -2.28. The largest absolute Gasteiger partial charge is 0.409 e. The molecule has 0 aliphatic heterocycles. The van der Waals surface area contributed by atoms with Gasteiger partial charge in [0.25, 0.3) is 0 Å². The average molecular weight is 260 g/mol. The first kappa shape index (κ1) is 12.4. The summed E-state index contributed by atoms with van der Waals surface area (Å²) in [6.07, 6.45) is 7.14. The molecule has 3 N–H and O–H groups in total. The number of pyridine rings is 1. The molecule has 0 amide bonds. The van der Waals surface area contributed by atoms with Crippen LogP contribution in [0.1, 0.15) is 36.9 Å². The first-order valence-corrected chi connectivity index (χ1v) is 6.93. The third kappa shape index (κ3) is 3.23. The smallest absolute Gasteiger partial charge is 0.188 e. The topological polar surface area (TPSA) is 74.7 Å². The highest BCUT2D eigenvalue weighted by Gasteiger charge is 2.33. The van der Waals surface area contributed by atoms with Gasteiger partial charge in [0.15, 0.2) is 5.84 Å². The van der Waals surface area contributed by atoms with E-state index in [1.807, 2.05) is 12.1 Å². The van der Waals surface area contributed by atoms with Crippen molar-refractivity contribution in [1.82, 2.24) is 9.88 Å². The molecule has 1 heterocycles. The quantitative estimate of drug-likeness (QED) is 0.352. The maximum Gasteiger partial charge on any atom is 0.188 e. The highest BCUT2D eigenvalue weighted by atomic mass is 16.4. The molecule has 2 aliphatic rings. The van der Waals surface area contributed by atoms with Gasteiger partial charge in [-0.1, -0.05) is 5.16 Å². The number of oxime groups is 1. The Balaban J connectivity index is 1.69. The molecule has 2 aliphatic carbocycles. The van der Waals surface area contributed by atoms with E-state index in [0.717, 1.165) is 18.5 Å². The molecule has 5 heteroatoms. The van der Waals surface area contributed by atoms with Crippen LogP contribution in [0.5, 0.6) is 0 Å². The van der Waals surface area contributed by atoms with Crippen molar-refractivity contribution in [3.8, 4) is 0 Å². The fourth-order valence-corrected chi connectivity index (χ4v) is 2.41. The van der Waals surface area contributed by atoms with Gasteiger partial charge in [-0.3, -0.25) is 9.88 Å². The van der Waals surface area contributed by atoms with Crippen molar-refractivity contribution in [2.24, 2.45) is 16.8 Å². The second-order valence-electron chi connectivity index (χ2n) is 5.64. The van der Waals surface area contributed by atoms with Crippen LogP contribution in [0.2, 0.25) is 0 Å². The molecule has 3 rings (SSSR count). The molecule has 0 atom stereocenters. The normalized spacial score (nSPS) is 19.9. The van der Waals surface area contributed by atoms with E-state index in [0.29, 0.717) is 5.69 Å². The fourth-order valence-electron chi connectivity index (χ4n) is 2.41. The van der Waals surface area contributed by atoms with Gasteiger partial charge in [0, 0.05) is 25.3 Å². The second-order valence-corrected chi connectivity index (χ2v) is 5.64. The summed E-state index contributed by atoms with van der Waals surface area (Å²) < 4.78 is 0. The van der Waals surface area contributed by atoms with Crippen molar-refractivity contribution < 1.29 is 5.21 Å². The van der Waals surface area contributed by atoms with Crippen molar-refractivity contribution in [2.45, 2.75) is 38.3 Å². The summed E-state index contributed by atoms with van der Waals surface area (Å²) in [5.74, 6) is 0.980. The third-order valence-corrected chi connectivity index (χ3v) is 3.83. The lowest BCUT2D eigenvalue weighted by molar-refractivity contribution is 0.244. The maximum atomic E-state index is 8.70. The van der Waals surface area contributed by atoms with Crippen LogP contribution in [-0.2, 0) is 6.54 Å². The fraction of sp³-hybridized carbons (Fsp3) is 0.571. The summed E-state index contributed by atoms with van der Waals surface area (Å²) in [5.41, 5.74) is 7.31. The van der Waals surface area contributed by atoms with Crippen molar-refractivity contribution in [3.63, 3.8) is 0 Å². The zero-order chi connectivity index (χ0) is 13.2. The SMILES string of the molecule is NC(=NO)c1cc(CN(CC2CC2)C2CC2)ccn1. The summed E-state index contributed by atoms with van der Waals surface area (Å²) in [7, 11) is 0. The van der Waals surface area contributed by atoms with E-state index < -0.39 is 0 Å². The lowest BCUT2D eigenvalue weighted by atomic mass is 10.2. The minimum Gasteiger partial charge on any atom is -0.409 e. The Morgan fingerprint density at radius 3 is 2.84 bits per heavy atom. The Morgan fingerprint density at radius 1 is 1.42 bits per heavy atom. The molecule has 0 radical (unpaired) electrons. The van der Waals surface area contributed by atoms with Gasteiger partial charge >= 0.3 is 0 Å². The van der Waals surface area contributed by atoms with Crippen LogP contribution in [0.3, 0.4) is 0 Å². The van der Waals surface area contributed by atoms with Gasteiger partial charge in [0.1, 0.15) is 5.69 Å². The highest BCUT2D eigenvalue weighted by Crippen LogP contribution is 2.35. The van der Waals surface area contributed by atoms with Crippen LogP contribution in [-0.4, -0.2) is 33.5 Å². The van der Waals surface area contributed by atoms with Gasteiger partial charge < -0.3 is 10.9 Å². The minimum absolute atomic E-state index is 0.0713. The van der Waals surface area contributed by atoms with E-state index in [2.05, 4.69) is 15.0 Å². The number of amidine groups is 1. The molecule has 0 aromatic carbocycles. The first-order chi connectivity index (χ1) is 9.26.